The number of ether oxygens (including phenoxy) is 1. The Morgan fingerprint density at radius 2 is 2.32 bits per heavy atom. The Morgan fingerprint density at radius 1 is 1.53 bits per heavy atom. The zero-order valence-electron chi connectivity index (χ0n) is 10.9. The smallest absolute Gasteiger partial charge is 0.338 e. The van der Waals surface area contributed by atoms with E-state index in [0.717, 1.165) is 23.9 Å². The second kappa shape index (κ2) is 4.57. The van der Waals surface area contributed by atoms with Gasteiger partial charge in [-0.2, -0.15) is 0 Å². The summed E-state index contributed by atoms with van der Waals surface area (Å²) in [5.74, 6) is 0.227. The molecule has 0 unspecified atom stereocenters. The predicted octanol–water partition coefficient (Wildman–Crippen LogP) is 2.52. The Kier molecular flexibility index (Phi) is 2.89. The summed E-state index contributed by atoms with van der Waals surface area (Å²) < 4.78 is 7.07. The molecule has 100 valence electrons. The number of nitrogen functional groups attached to an aromatic ring is 1. The Labute approximate surface area is 111 Å². The number of hydrogen-bond donors (Lipinski definition) is 1. The normalized spacial score (nSPS) is 15.4. The fraction of sp³-hybridized carbons (Fsp3) is 0.429. The highest BCUT2D eigenvalue weighted by Gasteiger charge is 2.24. The van der Waals surface area contributed by atoms with Crippen molar-refractivity contribution in [2.24, 2.45) is 0 Å². The molecule has 0 aliphatic heterocycles. The van der Waals surface area contributed by atoms with Crippen molar-refractivity contribution in [1.29, 1.82) is 0 Å². The lowest BCUT2D eigenvalue weighted by atomic mass is 9.92. The van der Waals surface area contributed by atoms with E-state index in [1.165, 1.54) is 6.42 Å². The number of carbonyl (C=O) groups is 1. The molecule has 5 heteroatoms. The van der Waals surface area contributed by atoms with E-state index in [2.05, 4.69) is 4.98 Å². The van der Waals surface area contributed by atoms with Crippen molar-refractivity contribution >= 4 is 23.0 Å². The Bertz CT molecular complexity index is 629. The van der Waals surface area contributed by atoms with Crippen molar-refractivity contribution in [1.82, 2.24) is 9.55 Å². The Balaban J connectivity index is 2.07. The van der Waals surface area contributed by atoms with Crippen molar-refractivity contribution in [3.8, 4) is 0 Å². The summed E-state index contributed by atoms with van der Waals surface area (Å²) >= 11 is 0. The SMILES string of the molecule is CCOC(=O)c1ccc2nc(N)n(C3CCC3)c2c1. The van der Waals surface area contributed by atoms with Gasteiger partial charge in [0.15, 0.2) is 0 Å². The summed E-state index contributed by atoms with van der Waals surface area (Å²) in [6.07, 6.45) is 3.47. The second-order valence-electron chi connectivity index (χ2n) is 4.85. The zero-order chi connectivity index (χ0) is 13.4. The summed E-state index contributed by atoms with van der Waals surface area (Å²) in [6.45, 7) is 2.17. The van der Waals surface area contributed by atoms with Gasteiger partial charge in [0.2, 0.25) is 5.95 Å². The number of rotatable bonds is 3. The number of nitrogens with zero attached hydrogens (tertiary/aromatic N) is 2. The van der Waals surface area contributed by atoms with E-state index < -0.39 is 0 Å². The highest BCUT2D eigenvalue weighted by molar-refractivity contribution is 5.94. The molecule has 5 nitrogen and oxygen atoms in total. The van der Waals surface area contributed by atoms with Crippen LogP contribution in [-0.2, 0) is 4.74 Å². The van der Waals surface area contributed by atoms with Gasteiger partial charge in [0.25, 0.3) is 0 Å². The molecule has 0 bridgehead atoms. The number of carbonyl (C=O) groups excluding carboxylic acids is 1. The van der Waals surface area contributed by atoms with Crippen LogP contribution in [0.15, 0.2) is 18.2 Å². The van der Waals surface area contributed by atoms with E-state index >= 15 is 0 Å². The van der Waals surface area contributed by atoms with Gasteiger partial charge < -0.3 is 15.0 Å². The minimum atomic E-state index is -0.302. The summed E-state index contributed by atoms with van der Waals surface area (Å²) in [5, 5.41) is 0. The number of aromatic nitrogens is 2. The van der Waals surface area contributed by atoms with Gasteiger partial charge in [0, 0.05) is 6.04 Å². The van der Waals surface area contributed by atoms with Gasteiger partial charge in [0.1, 0.15) is 0 Å². The lowest BCUT2D eigenvalue weighted by Crippen LogP contribution is -2.18. The Hall–Kier alpha value is -2.04. The molecule has 2 N–H and O–H groups in total. The molecule has 1 aliphatic carbocycles. The first-order valence-electron chi connectivity index (χ1n) is 6.65. The monoisotopic (exact) mass is 259 g/mol. The number of esters is 1. The van der Waals surface area contributed by atoms with E-state index in [4.69, 9.17) is 10.5 Å². The third-order valence-electron chi connectivity index (χ3n) is 3.67. The number of anilines is 1. The third-order valence-corrected chi connectivity index (χ3v) is 3.67. The molecule has 0 atom stereocenters. The largest absolute Gasteiger partial charge is 0.462 e. The fourth-order valence-electron chi connectivity index (χ4n) is 2.48. The number of benzene rings is 1. The minimum Gasteiger partial charge on any atom is -0.462 e. The van der Waals surface area contributed by atoms with Crippen molar-refractivity contribution in [3.63, 3.8) is 0 Å². The summed E-state index contributed by atoms with van der Waals surface area (Å²) in [7, 11) is 0. The first-order valence-corrected chi connectivity index (χ1v) is 6.65. The third kappa shape index (κ3) is 1.95. The van der Waals surface area contributed by atoms with Crippen LogP contribution in [0.5, 0.6) is 0 Å². The van der Waals surface area contributed by atoms with E-state index in [1.807, 2.05) is 16.7 Å². The molecule has 1 saturated carbocycles. The molecule has 1 fully saturated rings. The van der Waals surface area contributed by atoms with E-state index in [-0.39, 0.29) is 5.97 Å². The maximum absolute atomic E-state index is 11.8. The van der Waals surface area contributed by atoms with Crippen LogP contribution in [0, 0.1) is 0 Å². The van der Waals surface area contributed by atoms with Crippen molar-refractivity contribution in [2.45, 2.75) is 32.2 Å². The zero-order valence-corrected chi connectivity index (χ0v) is 10.9. The average molecular weight is 259 g/mol. The van der Waals surface area contributed by atoms with Gasteiger partial charge in [-0.25, -0.2) is 9.78 Å². The molecule has 2 aromatic rings. The van der Waals surface area contributed by atoms with Crippen LogP contribution in [0.2, 0.25) is 0 Å². The van der Waals surface area contributed by atoms with Crippen molar-refractivity contribution in [2.75, 3.05) is 12.3 Å². The molecule has 0 saturated heterocycles. The molecule has 0 amide bonds. The van der Waals surface area contributed by atoms with Gasteiger partial charge >= 0.3 is 5.97 Å². The molecule has 1 aromatic heterocycles. The molecule has 1 aliphatic rings. The number of nitrogens with two attached hydrogens (primary N) is 1. The summed E-state index contributed by atoms with van der Waals surface area (Å²) in [6, 6.07) is 5.81. The van der Waals surface area contributed by atoms with Crippen LogP contribution in [0.3, 0.4) is 0 Å². The molecule has 19 heavy (non-hydrogen) atoms. The molecule has 1 aromatic carbocycles. The topological polar surface area (TPSA) is 70.1 Å². The number of fused-ring (bicyclic) bond motifs is 1. The second-order valence-corrected chi connectivity index (χ2v) is 4.85. The van der Waals surface area contributed by atoms with Crippen LogP contribution < -0.4 is 5.73 Å². The number of imidazole rings is 1. The van der Waals surface area contributed by atoms with Crippen LogP contribution in [0.4, 0.5) is 5.95 Å². The number of hydrogen-bond acceptors (Lipinski definition) is 4. The predicted molar refractivity (Wildman–Crippen MR) is 73.0 cm³/mol. The van der Waals surface area contributed by atoms with E-state index in [0.29, 0.717) is 24.2 Å². The van der Waals surface area contributed by atoms with Crippen LogP contribution in [-0.4, -0.2) is 22.1 Å². The van der Waals surface area contributed by atoms with Gasteiger partial charge in [-0.1, -0.05) is 0 Å². The molecular formula is C14H17N3O2. The maximum Gasteiger partial charge on any atom is 0.338 e. The summed E-state index contributed by atoms with van der Waals surface area (Å²) in [5.41, 5.74) is 8.29. The molecule has 1 heterocycles. The first kappa shape index (κ1) is 12.0. The molecule has 0 spiro atoms. The lowest BCUT2D eigenvalue weighted by Gasteiger charge is -2.28. The maximum atomic E-state index is 11.8. The lowest BCUT2D eigenvalue weighted by molar-refractivity contribution is 0.0526. The average Bonchev–Trinajstić information content (AvgIpc) is 2.64. The van der Waals surface area contributed by atoms with Crippen LogP contribution in [0.25, 0.3) is 11.0 Å². The summed E-state index contributed by atoms with van der Waals surface area (Å²) in [4.78, 5) is 16.1. The highest BCUT2D eigenvalue weighted by atomic mass is 16.5. The first-order chi connectivity index (χ1) is 9.20. The van der Waals surface area contributed by atoms with Crippen molar-refractivity contribution in [3.05, 3.63) is 23.8 Å². The standard InChI is InChI=1S/C14H17N3O2/c1-2-19-13(18)9-6-7-11-12(8-9)17(14(15)16-11)10-4-3-5-10/h6-8,10H,2-5H2,1H3,(H2,15,16). The van der Waals surface area contributed by atoms with Gasteiger partial charge in [-0.3, -0.25) is 0 Å². The Morgan fingerprint density at radius 3 is 2.95 bits per heavy atom. The van der Waals surface area contributed by atoms with Crippen LogP contribution in [0.1, 0.15) is 42.6 Å². The van der Waals surface area contributed by atoms with Crippen molar-refractivity contribution < 1.29 is 9.53 Å². The fourth-order valence-corrected chi connectivity index (χ4v) is 2.48. The molecule has 3 rings (SSSR count). The minimum absolute atomic E-state index is 0.302. The highest BCUT2D eigenvalue weighted by Crippen LogP contribution is 2.36. The van der Waals surface area contributed by atoms with Crippen LogP contribution >= 0.6 is 0 Å². The molecule has 0 radical (unpaired) electrons. The molecular weight excluding hydrogens is 242 g/mol. The van der Waals surface area contributed by atoms with Gasteiger partial charge in [-0.15, -0.1) is 0 Å². The quantitative estimate of drug-likeness (QED) is 0.860. The van der Waals surface area contributed by atoms with E-state index in [1.54, 1.807) is 13.0 Å². The van der Waals surface area contributed by atoms with Gasteiger partial charge in [-0.05, 0) is 44.4 Å². The van der Waals surface area contributed by atoms with E-state index in [9.17, 15) is 4.79 Å². The van der Waals surface area contributed by atoms with Gasteiger partial charge in [0.05, 0.1) is 23.2 Å².